The maximum atomic E-state index is 5.82. The number of rotatable bonds is 5. The van der Waals surface area contributed by atoms with Crippen LogP contribution in [0.4, 0.5) is 5.69 Å². The van der Waals surface area contributed by atoms with Crippen molar-refractivity contribution >= 4 is 11.9 Å². The Morgan fingerprint density at radius 1 is 0.750 bits per heavy atom. The summed E-state index contributed by atoms with van der Waals surface area (Å²) in [6.45, 7) is 4.74. The molecule has 0 aromatic heterocycles. The smallest absolute Gasteiger partial charge is 0.119 e. The number of hydrogen-bond acceptors (Lipinski definition) is 2. The zero-order valence-corrected chi connectivity index (χ0v) is 14.1. The molecular formula is C22H21NO. The molecule has 0 aliphatic rings. The Balaban J connectivity index is 1.58. The predicted molar refractivity (Wildman–Crippen MR) is 100 cm³/mol. The minimum absolute atomic E-state index is 0.580. The SMILES string of the molecule is Cc1ccc(COc2ccc(C=Nc3ccc(C)cc3)cc2)cc1. The standard InChI is InChI=1S/C22H21NO/c1-17-3-7-20(8-4-17)16-24-22-13-9-19(10-14-22)15-23-21-11-5-18(2)6-12-21/h3-15H,16H2,1-2H3. The first-order valence-electron chi connectivity index (χ1n) is 8.08. The summed E-state index contributed by atoms with van der Waals surface area (Å²) < 4.78 is 5.82. The largest absolute Gasteiger partial charge is 0.489 e. The van der Waals surface area contributed by atoms with Crippen molar-refractivity contribution in [2.24, 2.45) is 4.99 Å². The van der Waals surface area contributed by atoms with Gasteiger partial charge in [0.1, 0.15) is 12.4 Å². The molecule has 0 unspecified atom stereocenters. The molecule has 0 aliphatic heterocycles. The van der Waals surface area contributed by atoms with Gasteiger partial charge in [-0.2, -0.15) is 0 Å². The summed E-state index contributed by atoms with van der Waals surface area (Å²) in [6.07, 6.45) is 1.87. The van der Waals surface area contributed by atoms with Crippen LogP contribution in [0.2, 0.25) is 0 Å². The van der Waals surface area contributed by atoms with E-state index in [0.717, 1.165) is 17.0 Å². The molecule has 0 N–H and O–H groups in total. The third-order valence-corrected chi connectivity index (χ3v) is 3.80. The average molecular weight is 315 g/mol. The lowest BCUT2D eigenvalue weighted by Crippen LogP contribution is -1.95. The number of aliphatic imine (C=N–C) groups is 1. The second-order valence-electron chi connectivity index (χ2n) is 5.94. The first-order valence-corrected chi connectivity index (χ1v) is 8.08. The maximum Gasteiger partial charge on any atom is 0.119 e. The van der Waals surface area contributed by atoms with Crippen LogP contribution in [0, 0.1) is 13.8 Å². The van der Waals surface area contributed by atoms with E-state index in [9.17, 15) is 0 Å². The van der Waals surface area contributed by atoms with Gasteiger partial charge in [0.15, 0.2) is 0 Å². The molecule has 0 spiro atoms. The number of ether oxygens (including phenoxy) is 1. The lowest BCUT2D eigenvalue weighted by atomic mass is 10.2. The predicted octanol–water partition coefficient (Wildman–Crippen LogP) is 5.63. The second kappa shape index (κ2) is 7.60. The highest BCUT2D eigenvalue weighted by molar-refractivity contribution is 5.82. The molecule has 0 heterocycles. The molecule has 2 heteroatoms. The van der Waals surface area contributed by atoms with Gasteiger partial charge in [0, 0.05) is 6.21 Å². The minimum atomic E-state index is 0.580. The van der Waals surface area contributed by atoms with E-state index in [-0.39, 0.29) is 0 Å². The first kappa shape index (κ1) is 16.0. The van der Waals surface area contributed by atoms with Gasteiger partial charge in [-0.15, -0.1) is 0 Å². The van der Waals surface area contributed by atoms with Gasteiger partial charge in [-0.1, -0.05) is 47.5 Å². The van der Waals surface area contributed by atoms with Crippen molar-refractivity contribution in [2.45, 2.75) is 20.5 Å². The van der Waals surface area contributed by atoms with Crippen LogP contribution >= 0.6 is 0 Å². The van der Waals surface area contributed by atoms with Crippen LogP contribution in [0.1, 0.15) is 22.3 Å². The van der Waals surface area contributed by atoms with Gasteiger partial charge >= 0.3 is 0 Å². The third kappa shape index (κ3) is 4.56. The summed E-state index contributed by atoms with van der Waals surface area (Å²) in [7, 11) is 0. The topological polar surface area (TPSA) is 21.6 Å². The van der Waals surface area contributed by atoms with Crippen LogP contribution in [0.25, 0.3) is 0 Å². The van der Waals surface area contributed by atoms with Crippen LogP contribution in [0.15, 0.2) is 77.8 Å². The van der Waals surface area contributed by atoms with Gasteiger partial charge < -0.3 is 4.74 Å². The quantitative estimate of drug-likeness (QED) is 0.559. The number of benzene rings is 3. The summed E-state index contributed by atoms with van der Waals surface area (Å²) in [5.41, 5.74) is 5.68. The molecule has 3 aromatic carbocycles. The molecule has 120 valence electrons. The zero-order chi connectivity index (χ0) is 16.8. The highest BCUT2D eigenvalue weighted by Gasteiger charge is 1.97. The van der Waals surface area contributed by atoms with Crippen LogP contribution in [-0.2, 0) is 6.61 Å². The minimum Gasteiger partial charge on any atom is -0.489 e. The Morgan fingerprint density at radius 2 is 1.33 bits per heavy atom. The fourth-order valence-corrected chi connectivity index (χ4v) is 2.28. The average Bonchev–Trinajstić information content (AvgIpc) is 2.62. The molecule has 0 atom stereocenters. The third-order valence-electron chi connectivity index (χ3n) is 3.80. The molecule has 3 rings (SSSR count). The van der Waals surface area contributed by atoms with Crippen LogP contribution in [0.3, 0.4) is 0 Å². The van der Waals surface area contributed by atoms with Gasteiger partial charge in [0.2, 0.25) is 0 Å². The summed E-state index contributed by atoms with van der Waals surface area (Å²) in [4.78, 5) is 4.48. The van der Waals surface area contributed by atoms with Crippen molar-refractivity contribution in [2.75, 3.05) is 0 Å². The molecule has 0 saturated heterocycles. The van der Waals surface area contributed by atoms with Crippen LogP contribution in [-0.4, -0.2) is 6.21 Å². The summed E-state index contributed by atoms with van der Waals surface area (Å²) >= 11 is 0. The lowest BCUT2D eigenvalue weighted by molar-refractivity contribution is 0.306. The number of aryl methyl sites for hydroxylation is 2. The molecule has 2 nitrogen and oxygen atoms in total. The van der Waals surface area contributed by atoms with E-state index in [1.54, 1.807) is 0 Å². The molecule has 3 aromatic rings. The Labute approximate surface area is 143 Å². The van der Waals surface area contributed by atoms with E-state index in [4.69, 9.17) is 4.74 Å². The molecule has 0 radical (unpaired) electrons. The van der Waals surface area contributed by atoms with Crippen molar-refractivity contribution in [1.29, 1.82) is 0 Å². The molecule has 0 fully saturated rings. The van der Waals surface area contributed by atoms with Crippen molar-refractivity contribution in [3.8, 4) is 5.75 Å². The van der Waals surface area contributed by atoms with Gasteiger partial charge in [0.05, 0.1) is 5.69 Å². The van der Waals surface area contributed by atoms with Crippen LogP contribution < -0.4 is 4.74 Å². The van der Waals surface area contributed by atoms with Crippen molar-refractivity contribution in [3.05, 3.63) is 95.1 Å². The van der Waals surface area contributed by atoms with Gasteiger partial charge in [-0.05, 0) is 61.4 Å². The van der Waals surface area contributed by atoms with Gasteiger partial charge in [0.25, 0.3) is 0 Å². The molecule has 0 aliphatic carbocycles. The van der Waals surface area contributed by atoms with E-state index < -0.39 is 0 Å². The molecular weight excluding hydrogens is 294 g/mol. The Morgan fingerprint density at radius 3 is 1.96 bits per heavy atom. The van der Waals surface area contributed by atoms with Gasteiger partial charge in [-0.25, -0.2) is 0 Å². The molecule has 24 heavy (non-hydrogen) atoms. The summed E-state index contributed by atoms with van der Waals surface area (Å²) in [5, 5.41) is 0. The fraction of sp³-hybridized carbons (Fsp3) is 0.136. The Bertz CT molecular complexity index is 800. The number of nitrogens with zero attached hydrogens (tertiary/aromatic N) is 1. The van der Waals surface area contributed by atoms with Crippen molar-refractivity contribution in [3.63, 3.8) is 0 Å². The normalized spacial score (nSPS) is 10.9. The summed E-state index contributed by atoms with van der Waals surface area (Å²) in [5.74, 6) is 0.864. The lowest BCUT2D eigenvalue weighted by Gasteiger charge is -2.06. The van der Waals surface area contributed by atoms with E-state index in [1.165, 1.54) is 16.7 Å². The van der Waals surface area contributed by atoms with Crippen molar-refractivity contribution < 1.29 is 4.74 Å². The van der Waals surface area contributed by atoms with E-state index in [0.29, 0.717) is 6.61 Å². The highest BCUT2D eigenvalue weighted by atomic mass is 16.5. The fourth-order valence-electron chi connectivity index (χ4n) is 2.28. The molecule has 0 amide bonds. The Kier molecular flexibility index (Phi) is 5.07. The number of hydrogen-bond donors (Lipinski definition) is 0. The van der Waals surface area contributed by atoms with Crippen molar-refractivity contribution in [1.82, 2.24) is 0 Å². The second-order valence-corrected chi connectivity index (χ2v) is 5.94. The van der Waals surface area contributed by atoms with Gasteiger partial charge in [-0.3, -0.25) is 4.99 Å². The molecule has 0 saturated carbocycles. The molecule has 0 bridgehead atoms. The maximum absolute atomic E-state index is 5.82. The van der Waals surface area contributed by atoms with E-state index >= 15 is 0 Å². The highest BCUT2D eigenvalue weighted by Crippen LogP contribution is 2.16. The zero-order valence-electron chi connectivity index (χ0n) is 14.1. The Hall–Kier alpha value is -2.87. The first-order chi connectivity index (χ1) is 11.7. The van der Waals surface area contributed by atoms with E-state index in [1.807, 2.05) is 42.6 Å². The monoisotopic (exact) mass is 315 g/mol. The van der Waals surface area contributed by atoms with Crippen LogP contribution in [0.5, 0.6) is 5.75 Å². The summed E-state index contributed by atoms with van der Waals surface area (Å²) in [6, 6.07) is 24.5. The van der Waals surface area contributed by atoms with E-state index in [2.05, 4.69) is 55.2 Å².